The summed E-state index contributed by atoms with van der Waals surface area (Å²) in [6, 6.07) is 0. The number of carbonyl (C=O) groups excluding carboxylic acids is 1. The maximum Gasteiger partial charge on any atom is 0.142 e. The fourth-order valence-corrected chi connectivity index (χ4v) is 1.62. The summed E-state index contributed by atoms with van der Waals surface area (Å²) in [5, 5.41) is 0. The van der Waals surface area contributed by atoms with Crippen LogP contribution in [0.4, 0.5) is 0 Å². The van der Waals surface area contributed by atoms with Crippen molar-refractivity contribution in [2.75, 3.05) is 0 Å². The fraction of sp³-hybridized carbons (Fsp3) is 0.562. The van der Waals surface area contributed by atoms with Crippen LogP contribution in [-0.2, 0) is 4.79 Å². The molecule has 0 aromatic rings. The topological polar surface area (TPSA) is 17.1 Å². The monoisotopic (exact) mass is 234 g/mol. The van der Waals surface area contributed by atoms with Gasteiger partial charge in [0.15, 0.2) is 0 Å². The van der Waals surface area contributed by atoms with E-state index in [0.29, 0.717) is 0 Å². The molecule has 0 amide bonds. The van der Waals surface area contributed by atoms with Crippen LogP contribution in [0.1, 0.15) is 58.3 Å². The van der Waals surface area contributed by atoms with Crippen LogP contribution in [0.15, 0.2) is 36.5 Å². The zero-order chi connectivity index (χ0) is 12.6. The molecule has 0 spiro atoms. The molecular weight excluding hydrogens is 208 g/mol. The Balaban J connectivity index is 3.13. The van der Waals surface area contributed by atoms with Gasteiger partial charge in [0, 0.05) is 0 Å². The molecule has 0 aliphatic heterocycles. The van der Waals surface area contributed by atoms with Crippen LogP contribution in [0.3, 0.4) is 0 Å². The molecule has 17 heavy (non-hydrogen) atoms. The van der Waals surface area contributed by atoms with Gasteiger partial charge in [0.2, 0.25) is 0 Å². The lowest BCUT2D eigenvalue weighted by Crippen LogP contribution is -1.78. The molecule has 0 unspecified atom stereocenters. The summed E-state index contributed by atoms with van der Waals surface area (Å²) in [5.41, 5.74) is 0. The van der Waals surface area contributed by atoms with Gasteiger partial charge in [-0.05, 0) is 38.2 Å². The summed E-state index contributed by atoms with van der Waals surface area (Å²) in [6.07, 6.45) is 22.8. The molecule has 0 bridgehead atoms. The number of aldehydes is 1. The smallest absolute Gasteiger partial charge is 0.142 e. The van der Waals surface area contributed by atoms with Crippen molar-refractivity contribution in [1.29, 1.82) is 0 Å². The summed E-state index contributed by atoms with van der Waals surface area (Å²) in [5.74, 6) is 0. The van der Waals surface area contributed by atoms with Gasteiger partial charge >= 0.3 is 0 Å². The van der Waals surface area contributed by atoms with Gasteiger partial charge in [-0.15, -0.1) is 0 Å². The van der Waals surface area contributed by atoms with Gasteiger partial charge in [-0.2, -0.15) is 0 Å². The van der Waals surface area contributed by atoms with Crippen molar-refractivity contribution in [3.05, 3.63) is 36.5 Å². The van der Waals surface area contributed by atoms with E-state index < -0.39 is 0 Å². The van der Waals surface area contributed by atoms with E-state index in [1.165, 1.54) is 44.6 Å². The second-order valence-electron chi connectivity index (χ2n) is 4.17. The maximum atomic E-state index is 9.98. The van der Waals surface area contributed by atoms with Crippen molar-refractivity contribution >= 4 is 6.29 Å². The zero-order valence-corrected chi connectivity index (χ0v) is 11.1. The fourth-order valence-electron chi connectivity index (χ4n) is 1.62. The molecule has 1 nitrogen and oxygen atoms in total. The van der Waals surface area contributed by atoms with Crippen molar-refractivity contribution in [2.24, 2.45) is 0 Å². The Morgan fingerprint density at radius 3 is 2.00 bits per heavy atom. The Bertz CT molecular complexity index is 236. The number of carbonyl (C=O) groups is 1. The van der Waals surface area contributed by atoms with Crippen LogP contribution in [0, 0.1) is 0 Å². The van der Waals surface area contributed by atoms with Crippen molar-refractivity contribution in [3.8, 4) is 0 Å². The van der Waals surface area contributed by atoms with E-state index in [1.807, 2.05) is 6.08 Å². The largest absolute Gasteiger partial charge is 0.299 e. The summed E-state index contributed by atoms with van der Waals surface area (Å²) >= 11 is 0. The minimum absolute atomic E-state index is 0.803. The summed E-state index contributed by atoms with van der Waals surface area (Å²) in [7, 11) is 0. The zero-order valence-electron chi connectivity index (χ0n) is 11.1. The summed E-state index contributed by atoms with van der Waals surface area (Å²) in [6.45, 7) is 2.17. The standard InChI is InChI=1S/C16H26O/c1-2-3-4-5-6-7-8-9-10-11-12-13-14-15-16-17/h3-4,12-16H,2,5-11H2,1H3/b4-3?,13-12+,15-14?. The molecule has 0 aliphatic carbocycles. The average molecular weight is 234 g/mol. The number of unbranched alkanes of at least 4 members (excludes halogenated alkanes) is 6. The molecule has 0 atom stereocenters. The predicted octanol–water partition coefficient (Wildman–Crippen LogP) is 4.99. The minimum Gasteiger partial charge on any atom is -0.299 e. The first-order valence-corrected chi connectivity index (χ1v) is 6.83. The number of rotatable bonds is 11. The first kappa shape index (κ1) is 15.9. The van der Waals surface area contributed by atoms with Gasteiger partial charge in [0.25, 0.3) is 0 Å². The Kier molecular flexibility index (Phi) is 13.9. The van der Waals surface area contributed by atoms with Crippen molar-refractivity contribution in [3.63, 3.8) is 0 Å². The SMILES string of the molecule is CCC=CCCCCCCC/C=C/C=CC=O. The Morgan fingerprint density at radius 2 is 1.35 bits per heavy atom. The van der Waals surface area contributed by atoms with Gasteiger partial charge in [0.1, 0.15) is 6.29 Å². The lowest BCUT2D eigenvalue weighted by Gasteiger charge is -1.97. The lowest BCUT2D eigenvalue weighted by atomic mass is 10.1. The molecule has 1 heteroatoms. The Morgan fingerprint density at radius 1 is 0.706 bits per heavy atom. The molecule has 0 N–H and O–H groups in total. The highest BCUT2D eigenvalue weighted by atomic mass is 16.1. The van der Waals surface area contributed by atoms with Gasteiger partial charge in [0.05, 0.1) is 0 Å². The molecule has 96 valence electrons. The van der Waals surface area contributed by atoms with E-state index in [4.69, 9.17) is 0 Å². The lowest BCUT2D eigenvalue weighted by molar-refractivity contribution is -0.104. The van der Waals surface area contributed by atoms with Crippen molar-refractivity contribution < 1.29 is 4.79 Å². The van der Waals surface area contributed by atoms with Crippen molar-refractivity contribution in [2.45, 2.75) is 58.3 Å². The van der Waals surface area contributed by atoms with Gasteiger partial charge in [-0.25, -0.2) is 0 Å². The number of allylic oxidation sites excluding steroid dienone is 6. The van der Waals surface area contributed by atoms with Gasteiger partial charge in [-0.3, -0.25) is 4.79 Å². The van der Waals surface area contributed by atoms with Gasteiger partial charge < -0.3 is 0 Å². The van der Waals surface area contributed by atoms with Crippen LogP contribution >= 0.6 is 0 Å². The molecule has 0 heterocycles. The molecular formula is C16H26O. The first-order valence-electron chi connectivity index (χ1n) is 6.83. The quantitative estimate of drug-likeness (QED) is 0.162. The third kappa shape index (κ3) is 14.9. The Hall–Kier alpha value is -1.11. The molecule has 0 fully saturated rings. The van der Waals surface area contributed by atoms with Crippen LogP contribution in [0.25, 0.3) is 0 Å². The molecule has 0 aromatic carbocycles. The molecule has 0 aromatic heterocycles. The highest BCUT2D eigenvalue weighted by Crippen LogP contribution is 2.08. The third-order valence-corrected chi connectivity index (χ3v) is 2.58. The van der Waals surface area contributed by atoms with E-state index in [0.717, 1.165) is 19.1 Å². The van der Waals surface area contributed by atoms with Crippen LogP contribution in [-0.4, -0.2) is 6.29 Å². The minimum atomic E-state index is 0.803. The number of hydrogen-bond donors (Lipinski definition) is 0. The van der Waals surface area contributed by atoms with E-state index in [2.05, 4.69) is 25.2 Å². The van der Waals surface area contributed by atoms with E-state index in [-0.39, 0.29) is 0 Å². The second-order valence-corrected chi connectivity index (χ2v) is 4.17. The molecule has 0 aliphatic rings. The van der Waals surface area contributed by atoms with Crippen LogP contribution in [0.5, 0.6) is 0 Å². The molecule has 0 saturated carbocycles. The highest BCUT2D eigenvalue weighted by Gasteiger charge is 1.88. The van der Waals surface area contributed by atoms with E-state index >= 15 is 0 Å². The van der Waals surface area contributed by atoms with Crippen molar-refractivity contribution in [1.82, 2.24) is 0 Å². The van der Waals surface area contributed by atoms with E-state index in [1.54, 1.807) is 6.08 Å². The number of hydrogen-bond acceptors (Lipinski definition) is 1. The molecule has 0 radical (unpaired) electrons. The maximum absolute atomic E-state index is 9.98. The normalized spacial score (nSPS) is 12.1. The first-order chi connectivity index (χ1) is 8.41. The predicted molar refractivity (Wildman–Crippen MR) is 76.1 cm³/mol. The average Bonchev–Trinajstić information content (AvgIpc) is 2.35. The molecule has 0 saturated heterocycles. The second kappa shape index (κ2) is 14.9. The highest BCUT2D eigenvalue weighted by molar-refractivity contribution is 5.65. The Labute approximate surface area is 106 Å². The molecule has 0 rings (SSSR count). The van der Waals surface area contributed by atoms with Crippen LogP contribution in [0.2, 0.25) is 0 Å². The van der Waals surface area contributed by atoms with Gasteiger partial charge in [-0.1, -0.05) is 56.6 Å². The third-order valence-electron chi connectivity index (χ3n) is 2.58. The van der Waals surface area contributed by atoms with Crippen LogP contribution < -0.4 is 0 Å². The van der Waals surface area contributed by atoms with E-state index in [9.17, 15) is 4.79 Å². The summed E-state index contributed by atoms with van der Waals surface area (Å²) in [4.78, 5) is 9.98. The summed E-state index contributed by atoms with van der Waals surface area (Å²) < 4.78 is 0.